The van der Waals surface area contributed by atoms with Gasteiger partial charge in [0.25, 0.3) is 0 Å². The highest BCUT2D eigenvalue weighted by Gasteiger charge is 2.20. The van der Waals surface area contributed by atoms with E-state index in [9.17, 15) is 14.4 Å². The van der Waals surface area contributed by atoms with Crippen LogP contribution in [0.5, 0.6) is 0 Å². The molecule has 0 radical (unpaired) electrons. The Labute approximate surface area is 110 Å². The summed E-state index contributed by atoms with van der Waals surface area (Å²) in [7, 11) is 1.22. The SMILES string of the molecule is COC(=O)CC[C@H](NC(=O)NCCSC)C(=O)O. The summed E-state index contributed by atoms with van der Waals surface area (Å²) in [5.41, 5.74) is 0. The van der Waals surface area contributed by atoms with Crippen LogP contribution in [-0.2, 0) is 14.3 Å². The maximum Gasteiger partial charge on any atom is 0.326 e. The summed E-state index contributed by atoms with van der Waals surface area (Å²) in [6.45, 7) is 0.455. The Morgan fingerprint density at radius 2 is 2.06 bits per heavy atom. The number of hydrogen-bond donors (Lipinski definition) is 3. The normalized spacial score (nSPS) is 11.4. The molecule has 0 aliphatic heterocycles. The summed E-state index contributed by atoms with van der Waals surface area (Å²) in [6.07, 6.45) is 1.84. The molecule has 0 saturated heterocycles. The average Bonchev–Trinajstić information content (AvgIpc) is 2.33. The van der Waals surface area contributed by atoms with Gasteiger partial charge >= 0.3 is 18.0 Å². The molecule has 8 heteroatoms. The standard InChI is InChI=1S/C10H18N2O5S/c1-17-8(13)4-3-7(9(14)15)12-10(16)11-5-6-18-2/h7H,3-6H2,1-2H3,(H,14,15)(H2,11,12,16)/t7-/m0/s1. The zero-order valence-electron chi connectivity index (χ0n) is 10.4. The van der Waals surface area contributed by atoms with Crippen LogP contribution < -0.4 is 10.6 Å². The minimum absolute atomic E-state index is 0.00203. The Balaban J connectivity index is 4.06. The minimum atomic E-state index is -1.18. The molecule has 1 atom stereocenters. The molecule has 18 heavy (non-hydrogen) atoms. The number of urea groups is 1. The molecule has 0 bridgehead atoms. The second kappa shape index (κ2) is 9.58. The molecule has 0 saturated carbocycles. The Hall–Kier alpha value is -1.44. The van der Waals surface area contributed by atoms with E-state index in [1.54, 1.807) is 11.8 Å². The number of ether oxygens (including phenoxy) is 1. The number of thioether (sulfide) groups is 1. The quantitative estimate of drug-likeness (QED) is 0.428. The lowest BCUT2D eigenvalue weighted by Crippen LogP contribution is -2.46. The van der Waals surface area contributed by atoms with Gasteiger partial charge in [0, 0.05) is 18.7 Å². The smallest absolute Gasteiger partial charge is 0.326 e. The number of nitrogens with one attached hydrogen (secondary N) is 2. The van der Waals surface area contributed by atoms with Crippen LogP contribution in [0.25, 0.3) is 0 Å². The number of hydrogen-bond acceptors (Lipinski definition) is 5. The molecule has 0 fully saturated rings. The lowest BCUT2D eigenvalue weighted by atomic mass is 10.1. The number of aliphatic carboxylic acids is 1. The van der Waals surface area contributed by atoms with Gasteiger partial charge in [-0.25, -0.2) is 9.59 Å². The van der Waals surface area contributed by atoms with Crippen LogP contribution in [0.4, 0.5) is 4.79 Å². The van der Waals surface area contributed by atoms with E-state index in [1.807, 2.05) is 6.26 Å². The molecule has 0 spiro atoms. The first kappa shape index (κ1) is 16.6. The van der Waals surface area contributed by atoms with Crippen LogP contribution in [0.1, 0.15) is 12.8 Å². The number of carbonyl (C=O) groups excluding carboxylic acids is 2. The van der Waals surface area contributed by atoms with E-state index in [0.717, 1.165) is 5.75 Å². The Morgan fingerprint density at radius 3 is 2.56 bits per heavy atom. The molecule has 2 amide bonds. The largest absolute Gasteiger partial charge is 0.480 e. The third-order valence-corrected chi connectivity index (χ3v) is 2.67. The van der Waals surface area contributed by atoms with E-state index in [4.69, 9.17) is 5.11 Å². The topological polar surface area (TPSA) is 105 Å². The van der Waals surface area contributed by atoms with Gasteiger partial charge in [0.15, 0.2) is 0 Å². The van der Waals surface area contributed by atoms with Crippen molar-refractivity contribution in [2.24, 2.45) is 0 Å². The summed E-state index contributed by atoms with van der Waals surface area (Å²) in [5, 5.41) is 13.7. The third kappa shape index (κ3) is 7.77. The van der Waals surface area contributed by atoms with Gasteiger partial charge < -0.3 is 20.5 Å². The van der Waals surface area contributed by atoms with Gasteiger partial charge in [-0.05, 0) is 12.7 Å². The fourth-order valence-electron chi connectivity index (χ4n) is 1.10. The zero-order valence-corrected chi connectivity index (χ0v) is 11.2. The van der Waals surface area contributed by atoms with E-state index in [0.29, 0.717) is 6.54 Å². The van der Waals surface area contributed by atoms with E-state index in [1.165, 1.54) is 7.11 Å². The van der Waals surface area contributed by atoms with Crippen molar-refractivity contribution in [1.82, 2.24) is 10.6 Å². The van der Waals surface area contributed by atoms with Crippen molar-refractivity contribution in [3.05, 3.63) is 0 Å². The zero-order chi connectivity index (χ0) is 14.0. The van der Waals surface area contributed by atoms with Crippen molar-refractivity contribution >= 4 is 29.7 Å². The molecule has 0 aromatic heterocycles. The highest BCUT2D eigenvalue weighted by molar-refractivity contribution is 7.98. The van der Waals surface area contributed by atoms with Gasteiger partial charge in [-0.1, -0.05) is 0 Å². The van der Waals surface area contributed by atoms with Crippen LogP contribution in [0.3, 0.4) is 0 Å². The van der Waals surface area contributed by atoms with Gasteiger partial charge in [-0.2, -0.15) is 11.8 Å². The lowest BCUT2D eigenvalue weighted by molar-refractivity contribution is -0.142. The molecule has 0 aromatic carbocycles. The van der Waals surface area contributed by atoms with Gasteiger partial charge in [-0.3, -0.25) is 4.79 Å². The molecular formula is C10H18N2O5S. The highest BCUT2D eigenvalue weighted by Crippen LogP contribution is 1.99. The predicted molar refractivity (Wildman–Crippen MR) is 67.6 cm³/mol. The first-order valence-electron chi connectivity index (χ1n) is 5.34. The van der Waals surface area contributed by atoms with Crippen molar-refractivity contribution in [3.8, 4) is 0 Å². The molecule has 0 aliphatic carbocycles. The molecule has 0 heterocycles. The molecule has 0 aliphatic rings. The number of esters is 1. The van der Waals surface area contributed by atoms with E-state index in [-0.39, 0.29) is 12.8 Å². The Kier molecular flexibility index (Phi) is 8.81. The van der Waals surface area contributed by atoms with Gasteiger partial charge in [-0.15, -0.1) is 0 Å². The highest BCUT2D eigenvalue weighted by atomic mass is 32.2. The number of rotatable bonds is 8. The minimum Gasteiger partial charge on any atom is -0.480 e. The van der Waals surface area contributed by atoms with E-state index in [2.05, 4.69) is 15.4 Å². The van der Waals surface area contributed by atoms with Crippen molar-refractivity contribution in [2.75, 3.05) is 25.7 Å². The monoisotopic (exact) mass is 278 g/mol. The van der Waals surface area contributed by atoms with E-state index < -0.39 is 24.0 Å². The first-order valence-corrected chi connectivity index (χ1v) is 6.73. The molecular weight excluding hydrogens is 260 g/mol. The average molecular weight is 278 g/mol. The summed E-state index contributed by atoms with van der Waals surface area (Å²) >= 11 is 1.57. The fourth-order valence-corrected chi connectivity index (χ4v) is 1.40. The fraction of sp³-hybridized carbons (Fsp3) is 0.700. The van der Waals surface area contributed by atoms with Crippen LogP contribution in [-0.4, -0.2) is 54.8 Å². The molecule has 7 nitrogen and oxygen atoms in total. The molecule has 0 unspecified atom stereocenters. The van der Waals surface area contributed by atoms with Crippen molar-refractivity contribution < 1.29 is 24.2 Å². The van der Waals surface area contributed by atoms with Crippen LogP contribution in [0, 0.1) is 0 Å². The third-order valence-electron chi connectivity index (χ3n) is 2.06. The lowest BCUT2D eigenvalue weighted by Gasteiger charge is -2.14. The number of carboxylic acid groups (broad SMARTS) is 1. The van der Waals surface area contributed by atoms with Crippen LogP contribution in [0.15, 0.2) is 0 Å². The van der Waals surface area contributed by atoms with Gasteiger partial charge in [0.05, 0.1) is 7.11 Å². The number of carbonyl (C=O) groups is 3. The maximum absolute atomic E-state index is 11.3. The molecule has 104 valence electrons. The molecule has 0 aromatic rings. The van der Waals surface area contributed by atoms with Crippen molar-refractivity contribution in [2.45, 2.75) is 18.9 Å². The predicted octanol–water partition coefficient (Wildman–Crippen LogP) is 0.0550. The second-order valence-electron chi connectivity index (χ2n) is 3.40. The summed E-state index contributed by atoms with van der Waals surface area (Å²) in [6, 6.07) is -1.65. The second-order valence-corrected chi connectivity index (χ2v) is 4.38. The van der Waals surface area contributed by atoms with Crippen LogP contribution in [0.2, 0.25) is 0 Å². The first-order chi connectivity index (χ1) is 8.51. The number of amides is 2. The van der Waals surface area contributed by atoms with Gasteiger partial charge in [0.1, 0.15) is 6.04 Å². The summed E-state index contributed by atoms with van der Waals surface area (Å²) in [4.78, 5) is 33.1. The number of methoxy groups -OCH3 is 1. The molecule has 3 N–H and O–H groups in total. The number of carboxylic acids is 1. The Morgan fingerprint density at radius 1 is 1.39 bits per heavy atom. The van der Waals surface area contributed by atoms with Gasteiger partial charge in [0.2, 0.25) is 0 Å². The maximum atomic E-state index is 11.3. The summed E-state index contributed by atoms with van der Waals surface area (Å²) in [5.74, 6) is -0.947. The van der Waals surface area contributed by atoms with Crippen molar-refractivity contribution in [3.63, 3.8) is 0 Å². The van der Waals surface area contributed by atoms with Crippen LogP contribution >= 0.6 is 11.8 Å². The Bertz CT molecular complexity index is 298. The summed E-state index contributed by atoms with van der Waals surface area (Å²) < 4.78 is 4.40. The van der Waals surface area contributed by atoms with Crippen molar-refractivity contribution in [1.29, 1.82) is 0 Å². The molecule has 0 rings (SSSR count). The van der Waals surface area contributed by atoms with E-state index >= 15 is 0 Å².